The van der Waals surface area contributed by atoms with Crippen molar-refractivity contribution >= 4 is 6.03 Å². The van der Waals surface area contributed by atoms with Gasteiger partial charge in [-0.1, -0.05) is 30.3 Å². The number of rotatable bonds is 6. The largest absolute Gasteiger partial charge is 0.396 e. The lowest BCUT2D eigenvalue weighted by Gasteiger charge is -2.35. The molecule has 0 radical (unpaired) electrons. The van der Waals surface area contributed by atoms with E-state index in [1.807, 2.05) is 42.3 Å². The van der Waals surface area contributed by atoms with Crippen LogP contribution < -0.4 is 5.32 Å². The minimum absolute atomic E-state index is 0.00595. The summed E-state index contributed by atoms with van der Waals surface area (Å²) in [5, 5.41) is 12.2. The summed E-state index contributed by atoms with van der Waals surface area (Å²) in [6.45, 7) is 0.703. The highest BCUT2D eigenvalue weighted by molar-refractivity contribution is 5.74. The molecule has 4 nitrogen and oxygen atoms in total. The Morgan fingerprint density at radius 2 is 2.10 bits per heavy atom. The van der Waals surface area contributed by atoms with Crippen molar-refractivity contribution in [3.63, 3.8) is 0 Å². The fraction of sp³-hybridized carbons (Fsp3) is 0.562. The van der Waals surface area contributed by atoms with E-state index in [2.05, 4.69) is 5.32 Å². The predicted octanol–water partition coefficient (Wildman–Crippen LogP) is 2.35. The molecule has 1 aliphatic rings. The number of hydrogen-bond donors (Lipinski definition) is 2. The summed E-state index contributed by atoms with van der Waals surface area (Å²) in [6.07, 6.45) is 4.11. The highest BCUT2D eigenvalue weighted by atomic mass is 16.3. The number of aliphatic hydroxyl groups excluding tert-OH is 1. The quantitative estimate of drug-likeness (QED) is 0.838. The van der Waals surface area contributed by atoms with Crippen molar-refractivity contribution in [1.29, 1.82) is 0 Å². The average molecular weight is 276 g/mol. The lowest BCUT2D eigenvalue weighted by Crippen LogP contribution is -2.47. The van der Waals surface area contributed by atoms with Gasteiger partial charge in [0.15, 0.2) is 0 Å². The topological polar surface area (TPSA) is 52.6 Å². The highest BCUT2D eigenvalue weighted by Crippen LogP contribution is 2.23. The second kappa shape index (κ2) is 7.29. The summed E-state index contributed by atoms with van der Waals surface area (Å²) in [5.74, 6) is 0.167. The van der Waals surface area contributed by atoms with Gasteiger partial charge in [-0.05, 0) is 31.2 Å². The van der Waals surface area contributed by atoms with Gasteiger partial charge in [0.05, 0.1) is 0 Å². The number of nitrogens with zero attached hydrogens (tertiary/aromatic N) is 1. The molecule has 1 aromatic rings. The normalized spacial score (nSPS) is 16.3. The number of carbonyl (C=O) groups is 1. The fourth-order valence-electron chi connectivity index (χ4n) is 2.54. The van der Waals surface area contributed by atoms with Crippen molar-refractivity contribution in [1.82, 2.24) is 10.2 Å². The summed E-state index contributed by atoms with van der Waals surface area (Å²) in [5.41, 5.74) is 1.16. The number of hydrogen-bond acceptors (Lipinski definition) is 2. The summed E-state index contributed by atoms with van der Waals surface area (Å²) >= 11 is 0. The van der Waals surface area contributed by atoms with Crippen molar-refractivity contribution in [3.8, 4) is 0 Å². The first kappa shape index (κ1) is 14.9. The van der Waals surface area contributed by atoms with Gasteiger partial charge in [-0.3, -0.25) is 0 Å². The monoisotopic (exact) mass is 276 g/mol. The second-order valence-electron chi connectivity index (χ2n) is 5.50. The molecule has 1 atom stereocenters. The fourth-order valence-corrected chi connectivity index (χ4v) is 2.54. The van der Waals surface area contributed by atoms with Crippen LogP contribution in [0.1, 0.15) is 37.2 Å². The number of amides is 2. The molecule has 4 heteroatoms. The molecule has 0 bridgehead atoms. The molecule has 1 aliphatic carbocycles. The van der Waals surface area contributed by atoms with E-state index in [1.54, 1.807) is 0 Å². The minimum Gasteiger partial charge on any atom is -0.396 e. The molecule has 1 unspecified atom stereocenters. The van der Waals surface area contributed by atoms with Crippen molar-refractivity contribution in [2.24, 2.45) is 0 Å². The van der Waals surface area contributed by atoms with E-state index in [9.17, 15) is 9.90 Å². The van der Waals surface area contributed by atoms with Crippen LogP contribution in [0.25, 0.3) is 0 Å². The molecule has 2 amide bonds. The van der Waals surface area contributed by atoms with E-state index < -0.39 is 0 Å². The first-order valence-electron chi connectivity index (χ1n) is 7.39. The maximum absolute atomic E-state index is 12.1. The summed E-state index contributed by atoms with van der Waals surface area (Å²) < 4.78 is 0. The number of aliphatic hydroxyl groups is 1. The molecular formula is C16H24N2O2. The van der Waals surface area contributed by atoms with Gasteiger partial charge in [-0.2, -0.15) is 0 Å². The van der Waals surface area contributed by atoms with Gasteiger partial charge in [0.25, 0.3) is 0 Å². The Labute approximate surface area is 120 Å². The Bertz CT molecular complexity index is 418. The van der Waals surface area contributed by atoms with Crippen molar-refractivity contribution in [2.45, 2.75) is 37.6 Å². The molecule has 0 saturated heterocycles. The third kappa shape index (κ3) is 3.73. The molecule has 1 saturated carbocycles. The van der Waals surface area contributed by atoms with Crippen LogP contribution in [0.3, 0.4) is 0 Å². The third-order valence-electron chi connectivity index (χ3n) is 4.19. The first-order chi connectivity index (χ1) is 9.72. The molecule has 1 fully saturated rings. The summed E-state index contributed by atoms with van der Waals surface area (Å²) in [6, 6.07) is 10.4. The number of benzene rings is 1. The average Bonchev–Trinajstić information content (AvgIpc) is 2.42. The van der Waals surface area contributed by atoms with Gasteiger partial charge < -0.3 is 15.3 Å². The van der Waals surface area contributed by atoms with Crippen LogP contribution in [0.2, 0.25) is 0 Å². The zero-order valence-electron chi connectivity index (χ0n) is 12.1. The van der Waals surface area contributed by atoms with E-state index in [1.165, 1.54) is 6.42 Å². The van der Waals surface area contributed by atoms with Gasteiger partial charge in [-0.15, -0.1) is 0 Å². The molecule has 2 N–H and O–H groups in total. The molecule has 20 heavy (non-hydrogen) atoms. The van der Waals surface area contributed by atoms with E-state index in [0.29, 0.717) is 19.0 Å². The molecule has 0 heterocycles. The van der Waals surface area contributed by atoms with E-state index in [0.717, 1.165) is 18.4 Å². The smallest absolute Gasteiger partial charge is 0.317 e. The van der Waals surface area contributed by atoms with Gasteiger partial charge in [0, 0.05) is 32.2 Å². The van der Waals surface area contributed by atoms with Crippen molar-refractivity contribution in [3.05, 3.63) is 35.9 Å². The van der Waals surface area contributed by atoms with Crippen LogP contribution >= 0.6 is 0 Å². The van der Waals surface area contributed by atoms with Crippen LogP contribution in [0.15, 0.2) is 30.3 Å². The lowest BCUT2D eigenvalue weighted by molar-refractivity contribution is 0.156. The SMILES string of the molecule is CN(C(=O)NCC(CCO)c1ccccc1)C1CCC1. The molecule has 0 spiro atoms. The Balaban J connectivity index is 1.87. The van der Waals surface area contributed by atoms with Crippen LogP contribution in [0, 0.1) is 0 Å². The maximum Gasteiger partial charge on any atom is 0.317 e. The van der Waals surface area contributed by atoms with E-state index >= 15 is 0 Å². The van der Waals surface area contributed by atoms with Crippen LogP contribution in [0.5, 0.6) is 0 Å². The molecule has 1 aromatic carbocycles. The zero-order chi connectivity index (χ0) is 14.4. The number of urea groups is 1. The highest BCUT2D eigenvalue weighted by Gasteiger charge is 2.25. The lowest BCUT2D eigenvalue weighted by atomic mass is 9.92. The van der Waals surface area contributed by atoms with Crippen LogP contribution in [-0.2, 0) is 0 Å². The van der Waals surface area contributed by atoms with Crippen molar-refractivity contribution in [2.75, 3.05) is 20.2 Å². The zero-order valence-corrected chi connectivity index (χ0v) is 12.1. The van der Waals surface area contributed by atoms with Gasteiger partial charge in [0.2, 0.25) is 0 Å². The standard InChI is InChI=1S/C16H24N2O2/c1-18(15-8-5-9-15)16(20)17-12-14(10-11-19)13-6-3-2-4-7-13/h2-4,6-7,14-15,19H,5,8-12H2,1H3,(H,17,20). The van der Waals surface area contributed by atoms with Gasteiger partial charge in [0.1, 0.15) is 0 Å². The van der Waals surface area contributed by atoms with E-state index in [-0.39, 0.29) is 18.6 Å². The maximum atomic E-state index is 12.1. The Hall–Kier alpha value is -1.55. The number of carbonyl (C=O) groups excluding carboxylic acids is 1. The third-order valence-corrected chi connectivity index (χ3v) is 4.19. The van der Waals surface area contributed by atoms with Gasteiger partial charge in [-0.25, -0.2) is 4.79 Å². The number of nitrogens with one attached hydrogen (secondary N) is 1. The first-order valence-corrected chi connectivity index (χ1v) is 7.39. The van der Waals surface area contributed by atoms with Crippen LogP contribution in [0.4, 0.5) is 4.79 Å². The Morgan fingerprint density at radius 3 is 2.65 bits per heavy atom. The van der Waals surface area contributed by atoms with E-state index in [4.69, 9.17) is 0 Å². The molecule has 0 aliphatic heterocycles. The summed E-state index contributed by atoms with van der Waals surface area (Å²) in [7, 11) is 1.86. The second-order valence-corrected chi connectivity index (χ2v) is 5.50. The summed E-state index contributed by atoms with van der Waals surface area (Å²) in [4.78, 5) is 13.9. The molecule has 110 valence electrons. The van der Waals surface area contributed by atoms with Gasteiger partial charge >= 0.3 is 6.03 Å². The van der Waals surface area contributed by atoms with Crippen molar-refractivity contribution < 1.29 is 9.90 Å². The van der Waals surface area contributed by atoms with Crippen LogP contribution in [-0.4, -0.2) is 42.3 Å². The Kier molecular flexibility index (Phi) is 5.41. The Morgan fingerprint density at radius 1 is 1.40 bits per heavy atom. The molecule has 2 rings (SSSR count). The molecule has 0 aromatic heterocycles. The predicted molar refractivity (Wildman–Crippen MR) is 79.7 cm³/mol. The molecular weight excluding hydrogens is 252 g/mol. The minimum atomic E-state index is -0.00595.